The third-order valence-corrected chi connectivity index (χ3v) is 6.37. The fourth-order valence-corrected chi connectivity index (χ4v) is 4.80. The van der Waals surface area contributed by atoms with E-state index in [4.69, 9.17) is 4.52 Å². The Hall–Kier alpha value is -1.93. The van der Waals surface area contributed by atoms with E-state index in [1.165, 1.54) is 37.4 Å². The number of pyridine rings is 1. The van der Waals surface area contributed by atoms with Crippen LogP contribution in [0.4, 0.5) is 0 Å². The molecule has 2 fully saturated rings. The van der Waals surface area contributed by atoms with Crippen molar-refractivity contribution in [2.75, 3.05) is 31.9 Å². The normalized spacial score (nSPS) is 18.9. The maximum absolute atomic E-state index is 12.7. The van der Waals surface area contributed by atoms with Gasteiger partial charge in [-0.3, -0.25) is 9.69 Å². The Balaban J connectivity index is 1.32. The summed E-state index contributed by atoms with van der Waals surface area (Å²) in [6.45, 7) is 5.41. The van der Waals surface area contributed by atoms with Gasteiger partial charge in [-0.05, 0) is 25.0 Å². The van der Waals surface area contributed by atoms with Crippen LogP contribution in [0.1, 0.15) is 31.6 Å². The fraction of sp³-hybridized carbons (Fsp3) is 0.579. The smallest absolute Gasteiger partial charge is 0.233 e. The fourth-order valence-electron chi connectivity index (χ4n) is 3.91. The molecule has 0 radical (unpaired) electrons. The summed E-state index contributed by atoms with van der Waals surface area (Å²) in [4.78, 5) is 25.9. The van der Waals surface area contributed by atoms with Gasteiger partial charge in [-0.1, -0.05) is 29.8 Å². The van der Waals surface area contributed by atoms with E-state index in [1.54, 1.807) is 13.1 Å². The lowest BCUT2D eigenvalue weighted by Gasteiger charge is -2.38. The third kappa shape index (κ3) is 4.32. The highest BCUT2D eigenvalue weighted by Gasteiger charge is 2.28. The van der Waals surface area contributed by atoms with Crippen molar-refractivity contribution in [2.24, 2.45) is 0 Å². The van der Waals surface area contributed by atoms with Crippen LogP contribution in [-0.2, 0) is 4.79 Å². The first kappa shape index (κ1) is 18.4. The summed E-state index contributed by atoms with van der Waals surface area (Å²) in [5.41, 5.74) is 0.804. The molecule has 2 aromatic heterocycles. The Morgan fingerprint density at radius 1 is 1.26 bits per heavy atom. The van der Waals surface area contributed by atoms with E-state index in [0.29, 0.717) is 17.5 Å². The molecule has 2 aromatic rings. The second kappa shape index (κ2) is 8.39. The molecule has 3 heterocycles. The molecule has 1 amide bonds. The number of nitrogens with zero attached hydrogens (tertiary/aromatic N) is 5. The van der Waals surface area contributed by atoms with Gasteiger partial charge in [-0.25, -0.2) is 4.98 Å². The molecule has 27 heavy (non-hydrogen) atoms. The minimum atomic E-state index is 0.173. The molecule has 0 N–H and O–H groups in total. The predicted octanol–water partition coefficient (Wildman–Crippen LogP) is 2.62. The van der Waals surface area contributed by atoms with E-state index in [0.717, 1.165) is 42.8 Å². The topological polar surface area (TPSA) is 75.4 Å². The average Bonchev–Trinajstić information content (AvgIpc) is 3.38. The number of aryl methyl sites for hydroxylation is 1. The molecule has 0 atom stereocenters. The van der Waals surface area contributed by atoms with E-state index >= 15 is 0 Å². The zero-order valence-corrected chi connectivity index (χ0v) is 16.5. The van der Waals surface area contributed by atoms with Crippen LogP contribution in [0.25, 0.3) is 11.4 Å². The van der Waals surface area contributed by atoms with Crippen molar-refractivity contribution >= 4 is 17.7 Å². The van der Waals surface area contributed by atoms with E-state index in [9.17, 15) is 4.79 Å². The van der Waals surface area contributed by atoms with Crippen molar-refractivity contribution in [2.45, 2.75) is 43.7 Å². The minimum Gasteiger partial charge on any atom is -0.339 e. The SMILES string of the molecule is Cc1nc(-c2cccnc2SCC(=O)N2CCN(C3CCCC3)CC2)no1. The van der Waals surface area contributed by atoms with E-state index in [-0.39, 0.29) is 5.91 Å². The molecular weight excluding hydrogens is 362 g/mol. The molecule has 2 aliphatic rings. The standard InChI is InChI=1S/C19H25N5O2S/c1-14-21-18(22-26-14)16-7-4-8-20-19(16)27-13-17(25)24-11-9-23(10-12-24)15-5-2-3-6-15/h4,7-8,15H,2-3,5-6,9-13H2,1H3. The molecule has 8 heteroatoms. The van der Waals surface area contributed by atoms with Crippen molar-refractivity contribution < 1.29 is 9.32 Å². The zero-order valence-electron chi connectivity index (χ0n) is 15.6. The monoisotopic (exact) mass is 387 g/mol. The molecule has 1 saturated heterocycles. The second-order valence-electron chi connectivity index (χ2n) is 7.14. The number of carbonyl (C=O) groups is 1. The number of amides is 1. The maximum Gasteiger partial charge on any atom is 0.233 e. The Morgan fingerprint density at radius 2 is 2.04 bits per heavy atom. The lowest BCUT2D eigenvalue weighted by atomic mass is 10.2. The summed E-state index contributed by atoms with van der Waals surface area (Å²) >= 11 is 1.44. The van der Waals surface area contributed by atoms with Gasteiger partial charge >= 0.3 is 0 Å². The van der Waals surface area contributed by atoms with Crippen LogP contribution < -0.4 is 0 Å². The van der Waals surface area contributed by atoms with Crippen molar-refractivity contribution in [3.8, 4) is 11.4 Å². The summed E-state index contributed by atoms with van der Waals surface area (Å²) < 4.78 is 5.07. The summed E-state index contributed by atoms with van der Waals surface area (Å²) in [6, 6.07) is 4.49. The van der Waals surface area contributed by atoms with Crippen molar-refractivity contribution in [3.05, 3.63) is 24.2 Å². The minimum absolute atomic E-state index is 0.173. The molecule has 1 aliphatic heterocycles. The van der Waals surface area contributed by atoms with E-state index in [2.05, 4.69) is 20.0 Å². The number of hydrogen-bond acceptors (Lipinski definition) is 7. The van der Waals surface area contributed by atoms with Gasteiger partial charge < -0.3 is 9.42 Å². The number of carbonyl (C=O) groups excluding carboxylic acids is 1. The van der Waals surface area contributed by atoms with Crippen LogP contribution in [0.3, 0.4) is 0 Å². The van der Waals surface area contributed by atoms with Gasteiger partial charge in [0.25, 0.3) is 0 Å². The number of thioether (sulfide) groups is 1. The first-order chi connectivity index (χ1) is 13.2. The summed E-state index contributed by atoms with van der Waals surface area (Å²) in [7, 11) is 0. The van der Waals surface area contributed by atoms with Gasteiger partial charge in [0.05, 0.1) is 11.3 Å². The summed E-state index contributed by atoms with van der Waals surface area (Å²) in [5.74, 6) is 1.58. The summed E-state index contributed by atoms with van der Waals surface area (Å²) in [6.07, 6.45) is 7.08. The van der Waals surface area contributed by atoms with Crippen molar-refractivity contribution in [1.29, 1.82) is 0 Å². The molecule has 4 rings (SSSR count). The predicted molar refractivity (Wildman–Crippen MR) is 103 cm³/mol. The molecule has 0 spiro atoms. The van der Waals surface area contributed by atoms with Crippen LogP contribution in [0.2, 0.25) is 0 Å². The largest absolute Gasteiger partial charge is 0.339 e. The summed E-state index contributed by atoms with van der Waals surface area (Å²) in [5, 5.41) is 4.73. The maximum atomic E-state index is 12.7. The second-order valence-corrected chi connectivity index (χ2v) is 8.10. The van der Waals surface area contributed by atoms with E-state index in [1.807, 2.05) is 17.0 Å². The lowest BCUT2D eigenvalue weighted by Crippen LogP contribution is -2.51. The molecule has 144 valence electrons. The number of piperazine rings is 1. The van der Waals surface area contributed by atoms with Gasteiger partial charge in [-0.15, -0.1) is 0 Å². The van der Waals surface area contributed by atoms with Crippen LogP contribution in [0, 0.1) is 6.92 Å². The van der Waals surface area contributed by atoms with Crippen LogP contribution in [0.15, 0.2) is 27.9 Å². The van der Waals surface area contributed by atoms with Crippen molar-refractivity contribution in [1.82, 2.24) is 24.9 Å². The Morgan fingerprint density at radius 3 is 2.74 bits per heavy atom. The Kier molecular flexibility index (Phi) is 5.73. The number of hydrogen-bond donors (Lipinski definition) is 0. The van der Waals surface area contributed by atoms with E-state index < -0.39 is 0 Å². The number of aromatic nitrogens is 3. The molecule has 0 aromatic carbocycles. The first-order valence-corrected chi connectivity index (χ1v) is 10.6. The lowest BCUT2D eigenvalue weighted by molar-refractivity contribution is -0.130. The molecule has 0 bridgehead atoms. The van der Waals surface area contributed by atoms with Gasteiger partial charge in [0.15, 0.2) is 0 Å². The quantitative estimate of drug-likeness (QED) is 0.730. The molecule has 7 nitrogen and oxygen atoms in total. The first-order valence-electron chi connectivity index (χ1n) is 9.61. The van der Waals surface area contributed by atoms with Crippen molar-refractivity contribution in [3.63, 3.8) is 0 Å². The Labute approximate surface area is 163 Å². The molecule has 1 saturated carbocycles. The van der Waals surface area contributed by atoms with Gasteiger partial charge in [0.2, 0.25) is 17.6 Å². The van der Waals surface area contributed by atoms with Crippen LogP contribution in [-0.4, -0.2) is 68.8 Å². The highest BCUT2D eigenvalue weighted by atomic mass is 32.2. The van der Waals surface area contributed by atoms with Gasteiger partial charge in [0, 0.05) is 45.3 Å². The number of rotatable bonds is 5. The molecule has 1 aliphatic carbocycles. The van der Waals surface area contributed by atoms with Gasteiger partial charge in [0.1, 0.15) is 5.03 Å². The average molecular weight is 388 g/mol. The highest BCUT2D eigenvalue weighted by Crippen LogP contribution is 2.28. The molecule has 0 unspecified atom stereocenters. The van der Waals surface area contributed by atoms with Crippen LogP contribution >= 0.6 is 11.8 Å². The molecular formula is C19H25N5O2S. The van der Waals surface area contributed by atoms with Crippen LogP contribution in [0.5, 0.6) is 0 Å². The third-order valence-electron chi connectivity index (χ3n) is 5.38. The Bertz CT molecular complexity index is 782. The highest BCUT2D eigenvalue weighted by molar-refractivity contribution is 8.00. The zero-order chi connectivity index (χ0) is 18.6. The van der Waals surface area contributed by atoms with Gasteiger partial charge in [-0.2, -0.15) is 4.98 Å².